The van der Waals surface area contributed by atoms with Gasteiger partial charge in [-0.25, -0.2) is 0 Å². The SMILES string of the molecule is O=C(CCCOc1ccccc1[N+](=O)[O-])NCc1cccnc1. The van der Waals surface area contributed by atoms with Gasteiger partial charge >= 0.3 is 5.69 Å². The van der Waals surface area contributed by atoms with Crippen molar-refractivity contribution >= 4 is 11.6 Å². The maximum atomic E-state index is 11.7. The molecule has 0 aliphatic carbocycles. The van der Waals surface area contributed by atoms with Crippen LogP contribution in [0.25, 0.3) is 0 Å². The van der Waals surface area contributed by atoms with Gasteiger partial charge in [-0.1, -0.05) is 18.2 Å². The Morgan fingerprint density at radius 1 is 1.26 bits per heavy atom. The summed E-state index contributed by atoms with van der Waals surface area (Å²) in [5, 5.41) is 13.6. The van der Waals surface area contributed by atoms with E-state index in [9.17, 15) is 14.9 Å². The zero-order valence-corrected chi connectivity index (χ0v) is 12.5. The van der Waals surface area contributed by atoms with E-state index in [2.05, 4.69) is 10.3 Å². The molecule has 0 aliphatic rings. The molecule has 0 saturated heterocycles. The van der Waals surface area contributed by atoms with Crippen LogP contribution >= 0.6 is 0 Å². The van der Waals surface area contributed by atoms with Crippen LogP contribution in [0.3, 0.4) is 0 Å². The molecule has 0 unspecified atom stereocenters. The number of amides is 1. The number of carbonyl (C=O) groups excluding carboxylic acids is 1. The molecule has 0 radical (unpaired) electrons. The first kappa shape index (κ1) is 16.4. The molecule has 1 N–H and O–H groups in total. The van der Waals surface area contributed by atoms with Crippen LogP contribution in [0.1, 0.15) is 18.4 Å². The first-order valence-corrected chi connectivity index (χ1v) is 7.18. The van der Waals surface area contributed by atoms with E-state index in [1.165, 1.54) is 6.07 Å². The number of nitro groups is 1. The molecule has 2 aromatic rings. The van der Waals surface area contributed by atoms with E-state index in [1.807, 2.05) is 12.1 Å². The van der Waals surface area contributed by atoms with Crippen LogP contribution in [0, 0.1) is 10.1 Å². The summed E-state index contributed by atoms with van der Waals surface area (Å²) in [6, 6.07) is 9.86. The summed E-state index contributed by atoms with van der Waals surface area (Å²) in [7, 11) is 0. The third kappa shape index (κ3) is 5.39. The Bertz CT molecular complexity index is 661. The smallest absolute Gasteiger partial charge is 0.310 e. The number of aromatic nitrogens is 1. The molecule has 0 aliphatic heterocycles. The molecule has 7 nitrogen and oxygen atoms in total. The van der Waals surface area contributed by atoms with Crippen molar-refractivity contribution in [2.24, 2.45) is 0 Å². The Morgan fingerprint density at radius 3 is 2.83 bits per heavy atom. The molecule has 0 saturated carbocycles. The van der Waals surface area contributed by atoms with Gasteiger partial charge in [-0.3, -0.25) is 19.9 Å². The van der Waals surface area contributed by atoms with Crippen LogP contribution in [-0.2, 0) is 11.3 Å². The van der Waals surface area contributed by atoms with Gasteiger partial charge in [-0.15, -0.1) is 0 Å². The lowest BCUT2D eigenvalue weighted by Gasteiger charge is -2.07. The molecular weight excluding hydrogens is 298 g/mol. The van der Waals surface area contributed by atoms with Crippen molar-refractivity contribution in [1.29, 1.82) is 0 Å². The standard InChI is InChI=1S/C16H17N3O4/c20-16(18-12-13-5-3-9-17-11-13)8-4-10-23-15-7-2-1-6-14(15)19(21)22/h1-3,5-7,9,11H,4,8,10,12H2,(H,18,20). The second kappa shape index (κ2) is 8.47. The van der Waals surface area contributed by atoms with Crippen LogP contribution < -0.4 is 10.1 Å². The lowest BCUT2D eigenvalue weighted by Crippen LogP contribution is -2.23. The minimum atomic E-state index is -0.490. The van der Waals surface area contributed by atoms with Crippen molar-refractivity contribution in [1.82, 2.24) is 10.3 Å². The molecule has 0 bridgehead atoms. The Morgan fingerprint density at radius 2 is 2.09 bits per heavy atom. The number of rotatable bonds is 8. The maximum Gasteiger partial charge on any atom is 0.310 e. The fraction of sp³-hybridized carbons (Fsp3) is 0.250. The molecule has 0 fully saturated rings. The predicted molar refractivity (Wildman–Crippen MR) is 83.9 cm³/mol. The molecule has 7 heteroatoms. The molecule has 23 heavy (non-hydrogen) atoms. The molecule has 1 heterocycles. The van der Waals surface area contributed by atoms with Gasteiger partial charge in [0.1, 0.15) is 0 Å². The topological polar surface area (TPSA) is 94.4 Å². The second-order valence-electron chi connectivity index (χ2n) is 4.81. The lowest BCUT2D eigenvalue weighted by molar-refractivity contribution is -0.385. The zero-order chi connectivity index (χ0) is 16.5. The van der Waals surface area contributed by atoms with Crippen molar-refractivity contribution in [3.63, 3.8) is 0 Å². The summed E-state index contributed by atoms with van der Waals surface area (Å²) < 4.78 is 5.38. The highest BCUT2D eigenvalue weighted by Gasteiger charge is 2.13. The Balaban J connectivity index is 1.69. The average molecular weight is 315 g/mol. The number of hydrogen-bond acceptors (Lipinski definition) is 5. The number of nitrogens with zero attached hydrogens (tertiary/aromatic N) is 2. The van der Waals surface area contributed by atoms with Crippen molar-refractivity contribution in [2.45, 2.75) is 19.4 Å². The summed E-state index contributed by atoms with van der Waals surface area (Å²) in [5.41, 5.74) is 0.852. The number of hydrogen-bond donors (Lipinski definition) is 1. The quantitative estimate of drug-likeness (QED) is 0.459. The van der Waals surface area contributed by atoms with Crippen LogP contribution in [-0.4, -0.2) is 22.4 Å². The summed E-state index contributed by atoms with van der Waals surface area (Å²) in [6.07, 6.45) is 4.13. The van der Waals surface area contributed by atoms with E-state index in [1.54, 1.807) is 30.6 Å². The van der Waals surface area contributed by atoms with Crippen molar-refractivity contribution in [2.75, 3.05) is 6.61 Å². The molecule has 1 amide bonds. The van der Waals surface area contributed by atoms with Gasteiger partial charge in [0.15, 0.2) is 5.75 Å². The van der Waals surface area contributed by atoms with E-state index in [-0.39, 0.29) is 24.0 Å². The Kier molecular flexibility index (Phi) is 6.05. The maximum absolute atomic E-state index is 11.7. The highest BCUT2D eigenvalue weighted by molar-refractivity contribution is 5.75. The number of carbonyl (C=O) groups is 1. The number of pyridine rings is 1. The monoisotopic (exact) mass is 315 g/mol. The van der Waals surface area contributed by atoms with Gasteiger partial charge in [0.2, 0.25) is 5.91 Å². The van der Waals surface area contributed by atoms with Crippen LogP contribution in [0.4, 0.5) is 5.69 Å². The Hall–Kier alpha value is -2.96. The number of ether oxygens (including phenoxy) is 1. The van der Waals surface area contributed by atoms with Crippen LogP contribution in [0.5, 0.6) is 5.75 Å². The minimum Gasteiger partial charge on any atom is -0.487 e. The van der Waals surface area contributed by atoms with Crippen LogP contribution in [0.15, 0.2) is 48.8 Å². The van der Waals surface area contributed by atoms with Gasteiger partial charge in [0.25, 0.3) is 0 Å². The Labute approximate surface area is 133 Å². The normalized spacial score (nSPS) is 10.1. The largest absolute Gasteiger partial charge is 0.487 e. The second-order valence-corrected chi connectivity index (χ2v) is 4.81. The number of nitrogens with one attached hydrogen (secondary N) is 1. The number of nitro benzene ring substituents is 1. The highest BCUT2D eigenvalue weighted by Crippen LogP contribution is 2.25. The van der Waals surface area contributed by atoms with Gasteiger partial charge in [0, 0.05) is 31.4 Å². The first-order valence-electron chi connectivity index (χ1n) is 7.18. The van der Waals surface area contributed by atoms with Crippen molar-refractivity contribution in [3.05, 3.63) is 64.5 Å². The average Bonchev–Trinajstić information content (AvgIpc) is 2.58. The lowest BCUT2D eigenvalue weighted by atomic mass is 10.2. The summed E-state index contributed by atoms with van der Waals surface area (Å²) >= 11 is 0. The van der Waals surface area contributed by atoms with E-state index in [0.29, 0.717) is 19.4 Å². The van der Waals surface area contributed by atoms with Gasteiger partial charge in [-0.2, -0.15) is 0 Å². The van der Waals surface area contributed by atoms with Crippen molar-refractivity contribution in [3.8, 4) is 5.75 Å². The van der Waals surface area contributed by atoms with E-state index < -0.39 is 4.92 Å². The van der Waals surface area contributed by atoms with Gasteiger partial charge in [0.05, 0.1) is 11.5 Å². The fourth-order valence-corrected chi connectivity index (χ4v) is 1.94. The summed E-state index contributed by atoms with van der Waals surface area (Å²) in [5.74, 6) is 0.119. The zero-order valence-electron chi connectivity index (χ0n) is 12.5. The third-order valence-corrected chi connectivity index (χ3v) is 3.08. The molecule has 0 spiro atoms. The van der Waals surface area contributed by atoms with Crippen molar-refractivity contribution < 1.29 is 14.5 Å². The summed E-state index contributed by atoms with van der Waals surface area (Å²) in [6.45, 7) is 0.669. The molecule has 1 aromatic heterocycles. The summed E-state index contributed by atoms with van der Waals surface area (Å²) in [4.78, 5) is 26.0. The van der Waals surface area contributed by atoms with Gasteiger partial charge < -0.3 is 10.1 Å². The minimum absolute atomic E-state index is 0.0754. The van der Waals surface area contributed by atoms with Gasteiger partial charge in [-0.05, 0) is 24.1 Å². The first-order chi connectivity index (χ1) is 11.2. The molecule has 120 valence electrons. The molecule has 1 aromatic carbocycles. The van der Waals surface area contributed by atoms with E-state index >= 15 is 0 Å². The fourth-order valence-electron chi connectivity index (χ4n) is 1.94. The third-order valence-electron chi connectivity index (χ3n) is 3.08. The highest BCUT2D eigenvalue weighted by atomic mass is 16.6. The van der Waals surface area contributed by atoms with Crippen LogP contribution in [0.2, 0.25) is 0 Å². The van der Waals surface area contributed by atoms with E-state index in [0.717, 1.165) is 5.56 Å². The molecular formula is C16H17N3O4. The predicted octanol–water partition coefficient (Wildman–Crippen LogP) is 2.47. The molecule has 2 rings (SSSR count). The van der Waals surface area contributed by atoms with E-state index in [4.69, 9.17) is 4.74 Å². The number of benzene rings is 1. The molecule has 0 atom stereocenters. The number of para-hydroxylation sites is 2.